The van der Waals surface area contributed by atoms with Gasteiger partial charge in [0.05, 0.1) is 24.2 Å². The summed E-state index contributed by atoms with van der Waals surface area (Å²) in [5, 5.41) is 0.134. The molecule has 1 aromatic heterocycles. The molecule has 0 saturated heterocycles. The fourth-order valence-corrected chi connectivity index (χ4v) is 1.63. The molecule has 16 heavy (non-hydrogen) atoms. The van der Waals surface area contributed by atoms with Crippen LogP contribution >= 0.6 is 27.5 Å². The van der Waals surface area contributed by atoms with Crippen LogP contribution in [-0.4, -0.2) is 18.1 Å². The lowest BCUT2D eigenvalue weighted by atomic mass is 10.2. The van der Waals surface area contributed by atoms with Gasteiger partial charge in [-0.05, 0) is 22.0 Å². The molecule has 0 N–H and O–H groups in total. The van der Waals surface area contributed by atoms with Crippen molar-refractivity contribution in [3.63, 3.8) is 0 Å². The molecule has 88 valence electrons. The number of hydrogen-bond acceptors (Lipinski definition) is 3. The molecule has 0 fully saturated rings. The van der Waals surface area contributed by atoms with Gasteiger partial charge in [0.1, 0.15) is 5.69 Å². The summed E-state index contributed by atoms with van der Waals surface area (Å²) in [6, 6.07) is 1.12. The number of aromatic nitrogens is 1. The van der Waals surface area contributed by atoms with Crippen molar-refractivity contribution >= 4 is 33.5 Å². The van der Waals surface area contributed by atoms with E-state index in [0.717, 1.165) is 6.07 Å². The van der Waals surface area contributed by atoms with Crippen molar-refractivity contribution < 1.29 is 18.3 Å². The molecule has 0 amide bonds. The third-order valence-corrected chi connectivity index (χ3v) is 3.04. The lowest BCUT2D eigenvalue weighted by Crippen LogP contribution is -2.08. The molecule has 3 nitrogen and oxygen atoms in total. The van der Waals surface area contributed by atoms with E-state index in [1.807, 2.05) is 0 Å². The summed E-state index contributed by atoms with van der Waals surface area (Å²) in [6.07, 6.45) is -2.96. The van der Waals surface area contributed by atoms with Crippen LogP contribution in [-0.2, 0) is 16.0 Å². The number of ether oxygens (including phenoxy) is 1. The zero-order chi connectivity index (χ0) is 12.3. The smallest absolute Gasteiger partial charge is 0.311 e. The Balaban J connectivity index is 3.11. The largest absolute Gasteiger partial charge is 0.469 e. The van der Waals surface area contributed by atoms with Gasteiger partial charge >= 0.3 is 5.97 Å². The van der Waals surface area contributed by atoms with Gasteiger partial charge in [0, 0.05) is 4.47 Å². The van der Waals surface area contributed by atoms with E-state index in [4.69, 9.17) is 11.6 Å². The minimum atomic E-state index is -2.72. The van der Waals surface area contributed by atoms with Crippen LogP contribution in [0.25, 0.3) is 0 Å². The molecule has 1 aromatic rings. The third kappa shape index (κ3) is 3.12. The Hall–Kier alpha value is -0.750. The van der Waals surface area contributed by atoms with Gasteiger partial charge in [-0.1, -0.05) is 11.6 Å². The maximum Gasteiger partial charge on any atom is 0.311 e. The predicted molar refractivity (Wildman–Crippen MR) is 57.6 cm³/mol. The first kappa shape index (κ1) is 13.3. The molecule has 0 radical (unpaired) electrons. The van der Waals surface area contributed by atoms with E-state index in [1.165, 1.54) is 7.11 Å². The Kier molecular flexibility index (Phi) is 4.61. The van der Waals surface area contributed by atoms with E-state index in [0.29, 0.717) is 0 Å². The first-order valence-corrected chi connectivity index (χ1v) is 5.32. The molecule has 1 heterocycles. The second-order valence-electron chi connectivity index (χ2n) is 2.84. The summed E-state index contributed by atoms with van der Waals surface area (Å²) in [6.45, 7) is 0. The van der Waals surface area contributed by atoms with Crippen LogP contribution < -0.4 is 0 Å². The highest BCUT2D eigenvalue weighted by Gasteiger charge is 2.17. The van der Waals surface area contributed by atoms with Gasteiger partial charge in [-0.3, -0.25) is 4.79 Å². The van der Waals surface area contributed by atoms with Crippen LogP contribution in [0.2, 0.25) is 5.02 Å². The number of nitrogens with zero attached hydrogens (tertiary/aromatic N) is 1. The average Bonchev–Trinajstić information content (AvgIpc) is 2.23. The van der Waals surface area contributed by atoms with Gasteiger partial charge < -0.3 is 4.74 Å². The van der Waals surface area contributed by atoms with E-state index in [-0.39, 0.29) is 21.6 Å². The van der Waals surface area contributed by atoms with Gasteiger partial charge in [-0.15, -0.1) is 0 Å². The fourth-order valence-electron chi connectivity index (χ4n) is 1.01. The molecule has 7 heteroatoms. The molecule has 0 aliphatic heterocycles. The lowest BCUT2D eigenvalue weighted by Gasteiger charge is -2.07. The summed E-state index contributed by atoms with van der Waals surface area (Å²) in [5.74, 6) is -0.590. The molecule has 0 aromatic carbocycles. The summed E-state index contributed by atoms with van der Waals surface area (Å²) in [7, 11) is 1.20. The molecular formula is C9H7BrClF2NO2. The summed E-state index contributed by atoms with van der Waals surface area (Å²) >= 11 is 8.83. The monoisotopic (exact) mass is 313 g/mol. The van der Waals surface area contributed by atoms with Gasteiger partial charge in [-0.2, -0.15) is 0 Å². The van der Waals surface area contributed by atoms with Crippen molar-refractivity contribution in [1.29, 1.82) is 0 Å². The molecule has 0 aliphatic carbocycles. The van der Waals surface area contributed by atoms with E-state index in [9.17, 15) is 13.6 Å². The lowest BCUT2D eigenvalue weighted by molar-refractivity contribution is -0.139. The maximum absolute atomic E-state index is 12.4. The molecular weight excluding hydrogens is 307 g/mol. The third-order valence-electron chi connectivity index (χ3n) is 1.76. The predicted octanol–water partition coefficient (Wildman–Crippen LogP) is 3.15. The number of pyridine rings is 1. The van der Waals surface area contributed by atoms with Crippen molar-refractivity contribution in [2.24, 2.45) is 0 Å². The van der Waals surface area contributed by atoms with Crippen LogP contribution in [0.4, 0.5) is 8.78 Å². The van der Waals surface area contributed by atoms with Crippen LogP contribution in [0.3, 0.4) is 0 Å². The van der Waals surface area contributed by atoms with E-state index in [1.54, 1.807) is 0 Å². The number of methoxy groups -OCH3 is 1. The van der Waals surface area contributed by atoms with Gasteiger partial charge in [-0.25, -0.2) is 13.8 Å². The first-order chi connectivity index (χ1) is 7.45. The minimum Gasteiger partial charge on any atom is -0.469 e. The summed E-state index contributed by atoms with van der Waals surface area (Å²) < 4.78 is 29.6. The molecule has 1 rings (SSSR count). The van der Waals surface area contributed by atoms with Crippen LogP contribution in [0.15, 0.2) is 10.5 Å². The second-order valence-corrected chi connectivity index (χ2v) is 4.08. The quantitative estimate of drug-likeness (QED) is 0.805. The van der Waals surface area contributed by atoms with Crippen molar-refractivity contribution in [3.8, 4) is 0 Å². The van der Waals surface area contributed by atoms with Crippen molar-refractivity contribution in [2.45, 2.75) is 12.8 Å². The molecule has 0 atom stereocenters. The van der Waals surface area contributed by atoms with Gasteiger partial charge in [0.15, 0.2) is 0 Å². The second kappa shape index (κ2) is 5.54. The Labute approximate surface area is 104 Å². The Morgan fingerprint density at radius 3 is 2.81 bits per heavy atom. The minimum absolute atomic E-state index is 0.0678. The number of rotatable bonds is 3. The highest BCUT2D eigenvalue weighted by molar-refractivity contribution is 9.10. The van der Waals surface area contributed by atoms with E-state index in [2.05, 4.69) is 25.7 Å². The molecule has 0 aliphatic rings. The number of alkyl halides is 2. The highest BCUT2D eigenvalue weighted by atomic mass is 79.9. The van der Waals surface area contributed by atoms with Crippen LogP contribution in [0.1, 0.15) is 17.8 Å². The fraction of sp³-hybridized carbons (Fsp3) is 0.333. The summed E-state index contributed by atoms with van der Waals surface area (Å²) in [4.78, 5) is 14.6. The van der Waals surface area contributed by atoms with Gasteiger partial charge in [0.25, 0.3) is 6.43 Å². The number of esters is 1. The standard InChI is InChI=1S/C9H7BrClF2NO2/c1-16-7(15)3-5-8(11)4(10)2-6(14-5)9(12)13/h2,9H,3H2,1H3. The topological polar surface area (TPSA) is 39.2 Å². The number of hydrogen-bond donors (Lipinski definition) is 0. The molecule has 0 spiro atoms. The molecule has 0 unspecified atom stereocenters. The highest BCUT2D eigenvalue weighted by Crippen LogP contribution is 2.29. The van der Waals surface area contributed by atoms with E-state index >= 15 is 0 Å². The molecule has 0 saturated carbocycles. The SMILES string of the molecule is COC(=O)Cc1nc(C(F)F)cc(Br)c1Cl. The summed E-state index contributed by atoms with van der Waals surface area (Å²) in [5.41, 5.74) is -0.367. The first-order valence-electron chi connectivity index (χ1n) is 4.15. The average molecular weight is 315 g/mol. The van der Waals surface area contributed by atoms with Crippen LogP contribution in [0.5, 0.6) is 0 Å². The van der Waals surface area contributed by atoms with Gasteiger partial charge in [0.2, 0.25) is 0 Å². The van der Waals surface area contributed by atoms with Crippen molar-refractivity contribution in [3.05, 3.63) is 26.9 Å². The van der Waals surface area contributed by atoms with Crippen LogP contribution in [0, 0.1) is 0 Å². The van der Waals surface area contributed by atoms with Crippen molar-refractivity contribution in [1.82, 2.24) is 4.98 Å². The Morgan fingerprint density at radius 2 is 2.31 bits per heavy atom. The van der Waals surface area contributed by atoms with E-state index < -0.39 is 18.1 Å². The Bertz CT molecular complexity index is 415. The number of carbonyl (C=O) groups excluding carboxylic acids is 1. The number of halogens is 4. The zero-order valence-electron chi connectivity index (χ0n) is 8.14. The maximum atomic E-state index is 12.4. The molecule has 0 bridgehead atoms. The Morgan fingerprint density at radius 1 is 1.69 bits per heavy atom. The van der Waals surface area contributed by atoms with Crippen molar-refractivity contribution in [2.75, 3.05) is 7.11 Å². The zero-order valence-corrected chi connectivity index (χ0v) is 10.5. The normalized spacial score (nSPS) is 10.6. The number of carbonyl (C=O) groups is 1.